The SMILES string of the molecule is CC(C)[C@@H]1CN(C(=O)OCc2ccccc2)C[C@@H]1N1C(=O)c2ccccc2C1=O. The Morgan fingerprint density at radius 3 is 2.14 bits per heavy atom. The van der Waals surface area contributed by atoms with Crippen molar-refractivity contribution in [2.24, 2.45) is 11.8 Å². The highest BCUT2D eigenvalue weighted by atomic mass is 16.6. The predicted octanol–water partition coefficient (Wildman–Crippen LogP) is 3.58. The van der Waals surface area contributed by atoms with Crippen molar-refractivity contribution in [2.75, 3.05) is 13.1 Å². The average molecular weight is 392 g/mol. The summed E-state index contributed by atoms with van der Waals surface area (Å²) in [6.07, 6.45) is -0.418. The quantitative estimate of drug-likeness (QED) is 0.746. The van der Waals surface area contributed by atoms with Crippen molar-refractivity contribution in [3.8, 4) is 0 Å². The third-order valence-electron chi connectivity index (χ3n) is 5.81. The van der Waals surface area contributed by atoms with Gasteiger partial charge in [-0.3, -0.25) is 14.5 Å². The topological polar surface area (TPSA) is 66.9 Å². The number of carbonyl (C=O) groups excluding carboxylic acids is 3. The van der Waals surface area contributed by atoms with Gasteiger partial charge in [0.05, 0.1) is 17.2 Å². The molecule has 0 radical (unpaired) electrons. The standard InChI is InChI=1S/C23H24N2O4/c1-15(2)19-12-24(23(28)29-14-16-8-4-3-5-9-16)13-20(19)25-21(26)17-10-6-7-11-18(17)22(25)27/h3-11,15,19-20H,12-14H2,1-2H3/t19-,20-/m0/s1. The fourth-order valence-corrected chi connectivity index (χ4v) is 4.21. The Hall–Kier alpha value is -3.15. The first-order valence-electron chi connectivity index (χ1n) is 9.90. The maximum absolute atomic E-state index is 12.9. The Bertz CT molecular complexity index is 906. The van der Waals surface area contributed by atoms with Crippen LogP contribution in [-0.2, 0) is 11.3 Å². The number of ether oxygens (including phenoxy) is 1. The highest BCUT2D eigenvalue weighted by Gasteiger charge is 2.48. The van der Waals surface area contributed by atoms with Gasteiger partial charge in [0.15, 0.2) is 0 Å². The van der Waals surface area contributed by atoms with E-state index in [-0.39, 0.29) is 36.3 Å². The van der Waals surface area contributed by atoms with E-state index in [1.165, 1.54) is 4.90 Å². The van der Waals surface area contributed by atoms with Crippen LogP contribution >= 0.6 is 0 Å². The molecule has 2 aliphatic heterocycles. The molecule has 2 heterocycles. The fraction of sp³-hybridized carbons (Fsp3) is 0.348. The van der Waals surface area contributed by atoms with E-state index in [4.69, 9.17) is 4.74 Å². The minimum Gasteiger partial charge on any atom is -0.445 e. The smallest absolute Gasteiger partial charge is 0.410 e. The Labute approximate surface area is 170 Å². The molecule has 0 unspecified atom stereocenters. The maximum Gasteiger partial charge on any atom is 0.410 e. The molecular weight excluding hydrogens is 368 g/mol. The molecule has 0 aliphatic carbocycles. The number of amides is 3. The third-order valence-corrected chi connectivity index (χ3v) is 5.81. The van der Waals surface area contributed by atoms with E-state index in [1.54, 1.807) is 29.2 Å². The van der Waals surface area contributed by atoms with E-state index >= 15 is 0 Å². The molecule has 2 aromatic carbocycles. The summed E-state index contributed by atoms with van der Waals surface area (Å²) < 4.78 is 5.47. The summed E-state index contributed by atoms with van der Waals surface area (Å²) in [6, 6.07) is 16.0. The second-order valence-electron chi connectivity index (χ2n) is 7.95. The fourth-order valence-electron chi connectivity index (χ4n) is 4.21. The zero-order valence-electron chi connectivity index (χ0n) is 16.6. The van der Waals surface area contributed by atoms with Gasteiger partial charge in [-0.2, -0.15) is 0 Å². The molecule has 0 N–H and O–H groups in total. The van der Waals surface area contributed by atoms with Gasteiger partial charge in [-0.15, -0.1) is 0 Å². The second kappa shape index (κ2) is 7.70. The Kier molecular flexibility index (Phi) is 5.09. The predicted molar refractivity (Wildman–Crippen MR) is 107 cm³/mol. The summed E-state index contributed by atoms with van der Waals surface area (Å²) in [5, 5.41) is 0. The van der Waals surface area contributed by atoms with Gasteiger partial charge in [0.2, 0.25) is 0 Å². The first-order valence-corrected chi connectivity index (χ1v) is 9.90. The lowest BCUT2D eigenvalue weighted by Crippen LogP contribution is -2.46. The van der Waals surface area contributed by atoms with Crippen molar-refractivity contribution in [3.63, 3.8) is 0 Å². The van der Waals surface area contributed by atoms with Crippen LogP contribution in [0.1, 0.15) is 40.1 Å². The van der Waals surface area contributed by atoms with Gasteiger partial charge in [0.25, 0.3) is 11.8 Å². The summed E-state index contributed by atoms with van der Waals surface area (Å²) in [7, 11) is 0. The van der Waals surface area contributed by atoms with Crippen LogP contribution < -0.4 is 0 Å². The lowest BCUT2D eigenvalue weighted by atomic mass is 9.90. The molecule has 2 aliphatic rings. The summed E-state index contributed by atoms with van der Waals surface area (Å²) in [4.78, 5) is 41.4. The van der Waals surface area contributed by atoms with Crippen LogP contribution in [0.15, 0.2) is 54.6 Å². The number of imide groups is 1. The van der Waals surface area contributed by atoms with Crippen molar-refractivity contribution in [1.82, 2.24) is 9.80 Å². The molecule has 1 fully saturated rings. The van der Waals surface area contributed by atoms with Gasteiger partial charge >= 0.3 is 6.09 Å². The van der Waals surface area contributed by atoms with Crippen molar-refractivity contribution >= 4 is 17.9 Å². The van der Waals surface area contributed by atoms with Crippen molar-refractivity contribution in [3.05, 3.63) is 71.3 Å². The molecule has 4 rings (SSSR count). The molecule has 150 valence electrons. The summed E-state index contributed by atoms with van der Waals surface area (Å²) in [6.45, 7) is 5.05. The van der Waals surface area contributed by atoms with Crippen LogP contribution in [-0.4, -0.2) is 46.8 Å². The molecule has 2 aromatic rings. The molecule has 3 amide bonds. The summed E-state index contributed by atoms with van der Waals surface area (Å²) >= 11 is 0. The van der Waals surface area contributed by atoms with Crippen LogP contribution in [0.4, 0.5) is 4.79 Å². The first-order chi connectivity index (χ1) is 14.0. The van der Waals surface area contributed by atoms with E-state index < -0.39 is 6.09 Å². The largest absolute Gasteiger partial charge is 0.445 e. The van der Waals surface area contributed by atoms with E-state index in [2.05, 4.69) is 13.8 Å². The summed E-state index contributed by atoms with van der Waals surface area (Å²) in [5.41, 5.74) is 1.78. The molecule has 6 heteroatoms. The van der Waals surface area contributed by atoms with Crippen LogP contribution in [0.5, 0.6) is 0 Å². The summed E-state index contributed by atoms with van der Waals surface area (Å²) in [5.74, 6) is -0.348. The van der Waals surface area contributed by atoms with Crippen LogP contribution in [0, 0.1) is 11.8 Å². The monoisotopic (exact) mass is 392 g/mol. The molecule has 29 heavy (non-hydrogen) atoms. The molecule has 0 bridgehead atoms. The second-order valence-corrected chi connectivity index (χ2v) is 7.95. The molecule has 0 spiro atoms. The Balaban J connectivity index is 1.50. The van der Waals surface area contributed by atoms with Gasteiger partial charge in [0, 0.05) is 19.0 Å². The number of likely N-dealkylation sites (tertiary alicyclic amines) is 1. The Morgan fingerprint density at radius 2 is 1.55 bits per heavy atom. The van der Waals surface area contributed by atoms with E-state index in [0.29, 0.717) is 24.2 Å². The average Bonchev–Trinajstić information content (AvgIpc) is 3.27. The van der Waals surface area contributed by atoms with Gasteiger partial charge < -0.3 is 9.64 Å². The van der Waals surface area contributed by atoms with E-state index in [0.717, 1.165) is 5.56 Å². The molecule has 1 saturated heterocycles. The lowest BCUT2D eigenvalue weighted by Gasteiger charge is -2.28. The highest BCUT2D eigenvalue weighted by molar-refractivity contribution is 6.21. The minimum absolute atomic E-state index is 0.00138. The lowest BCUT2D eigenvalue weighted by molar-refractivity contribution is 0.0535. The minimum atomic E-state index is -0.418. The number of fused-ring (bicyclic) bond motifs is 1. The van der Waals surface area contributed by atoms with Gasteiger partial charge in [-0.05, 0) is 23.6 Å². The van der Waals surface area contributed by atoms with Gasteiger partial charge in [0.1, 0.15) is 6.61 Å². The normalized spacial score (nSPS) is 21.1. The molecular formula is C23H24N2O4. The molecule has 2 atom stereocenters. The number of carbonyl (C=O) groups is 3. The molecule has 6 nitrogen and oxygen atoms in total. The number of rotatable bonds is 4. The van der Waals surface area contributed by atoms with Crippen molar-refractivity contribution < 1.29 is 19.1 Å². The third kappa shape index (κ3) is 3.50. The number of benzene rings is 2. The maximum atomic E-state index is 12.9. The number of hydrogen-bond acceptors (Lipinski definition) is 4. The van der Waals surface area contributed by atoms with E-state index in [9.17, 15) is 14.4 Å². The van der Waals surface area contributed by atoms with Gasteiger partial charge in [-0.1, -0.05) is 56.3 Å². The highest BCUT2D eigenvalue weighted by Crippen LogP contribution is 2.34. The van der Waals surface area contributed by atoms with Crippen molar-refractivity contribution in [2.45, 2.75) is 26.5 Å². The number of nitrogens with zero attached hydrogens (tertiary/aromatic N) is 2. The van der Waals surface area contributed by atoms with Crippen LogP contribution in [0.2, 0.25) is 0 Å². The van der Waals surface area contributed by atoms with E-state index in [1.807, 2.05) is 30.3 Å². The molecule has 0 saturated carbocycles. The van der Waals surface area contributed by atoms with Crippen LogP contribution in [0.25, 0.3) is 0 Å². The van der Waals surface area contributed by atoms with Gasteiger partial charge in [-0.25, -0.2) is 4.79 Å². The Morgan fingerprint density at radius 1 is 0.966 bits per heavy atom. The van der Waals surface area contributed by atoms with Crippen LogP contribution in [0.3, 0.4) is 0 Å². The molecule has 0 aromatic heterocycles. The zero-order valence-corrected chi connectivity index (χ0v) is 16.6. The van der Waals surface area contributed by atoms with Crippen molar-refractivity contribution in [1.29, 1.82) is 0 Å². The zero-order chi connectivity index (χ0) is 20.5. The number of hydrogen-bond donors (Lipinski definition) is 0. The first kappa shape index (κ1) is 19.2.